The van der Waals surface area contributed by atoms with Crippen LogP contribution in [0.25, 0.3) is 0 Å². The van der Waals surface area contributed by atoms with Crippen molar-refractivity contribution < 1.29 is 13.2 Å². The zero-order chi connectivity index (χ0) is 11.1. The van der Waals surface area contributed by atoms with Gasteiger partial charge in [0.2, 0.25) is 0 Å². The van der Waals surface area contributed by atoms with Crippen molar-refractivity contribution in [1.29, 1.82) is 0 Å². The summed E-state index contributed by atoms with van der Waals surface area (Å²) in [5, 5.41) is 2.95. The van der Waals surface area contributed by atoms with E-state index in [2.05, 4.69) is 5.32 Å². The van der Waals surface area contributed by atoms with Gasteiger partial charge in [0.1, 0.15) is 0 Å². The Morgan fingerprint density at radius 2 is 1.80 bits per heavy atom. The number of rotatable bonds is 5. The molecule has 84 valence electrons. The zero-order valence-electron chi connectivity index (χ0n) is 8.05. The first-order valence-electron chi connectivity index (χ1n) is 4.53. The molecule has 0 atom stereocenters. The first-order chi connectivity index (χ1) is 7.08. The summed E-state index contributed by atoms with van der Waals surface area (Å²) in [5.74, 6) is 0.0519. The van der Waals surface area contributed by atoms with E-state index in [1.165, 1.54) is 0 Å². The van der Waals surface area contributed by atoms with Gasteiger partial charge in [-0.25, -0.2) is 0 Å². The van der Waals surface area contributed by atoms with Gasteiger partial charge in [-0.3, -0.25) is 0 Å². The molecule has 0 radical (unpaired) electrons. The Balaban J connectivity index is 2.08. The molecule has 0 aliphatic carbocycles. The van der Waals surface area contributed by atoms with Crippen molar-refractivity contribution in [2.45, 2.75) is 12.1 Å². The SMILES string of the molecule is FC(F)(F)SCCNCc1ccccc1. The Labute approximate surface area is 91.1 Å². The Morgan fingerprint density at radius 3 is 2.40 bits per heavy atom. The van der Waals surface area contributed by atoms with Crippen molar-refractivity contribution >= 4 is 11.8 Å². The van der Waals surface area contributed by atoms with E-state index in [0.717, 1.165) is 5.56 Å². The fourth-order valence-electron chi connectivity index (χ4n) is 1.07. The van der Waals surface area contributed by atoms with Gasteiger partial charge in [-0.1, -0.05) is 30.3 Å². The van der Waals surface area contributed by atoms with Gasteiger partial charge in [-0.05, 0) is 17.3 Å². The molecule has 0 unspecified atom stereocenters. The van der Waals surface area contributed by atoms with Crippen LogP contribution in [0.1, 0.15) is 5.56 Å². The summed E-state index contributed by atoms with van der Waals surface area (Å²) < 4.78 is 35.2. The van der Waals surface area contributed by atoms with E-state index in [4.69, 9.17) is 0 Å². The van der Waals surface area contributed by atoms with Crippen molar-refractivity contribution in [3.8, 4) is 0 Å². The van der Waals surface area contributed by atoms with Crippen LogP contribution in [0.15, 0.2) is 30.3 Å². The molecule has 0 aliphatic rings. The molecule has 0 aromatic heterocycles. The second-order valence-electron chi connectivity index (χ2n) is 2.96. The van der Waals surface area contributed by atoms with E-state index in [1.807, 2.05) is 30.3 Å². The molecule has 0 amide bonds. The summed E-state index contributed by atoms with van der Waals surface area (Å²) in [6.45, 7) is 0.971. The predicted octanol–water partition coefficient (Wildman–Crippen LogP) is 3.03. The summed E-state index contributed by atoms with van der Waals surface area (Å²) in [5.41, 5.74) is -3.04. The molecule has 0 saturated heterocycles. The third-order valence-electron chi connectivity index (χ3n) is 1.72. The van der Waals surface area contributed by atoms with Crippen molar-refractivity contribution in [2.24, 2.45) is 0 Å². The maximum atomic E-state index is 11.7. The van der Waals surface area contributed by atoms with Gasteiger partial charge in [0.25, 0.3) is 0 Å². The number of benzene rings is 1. The quantitative estimate of drug-likeness (QED) is 0.787. The van der Waals surface area contributed by atoms with Crippen molar-refractivity contribution in [3.05, 3.63) is 35.9 Å². The molecule has 1 nitrogen and oxygen atoms in total. The summed E-state index contributed by atoms with van der Waals surface area (Å²) in [4.78, 5) is 0. The van der Waals surface area contributed by atoms with Crippen LogP contribution < -0.4 is 5.32 Å². The summed E-state index contributed by atoms with van der Waals surface area (Å²) >= 11 is 0.00621. The highest BCUT2D eigenvalue weighted by atomic mass is 32.2. The highest BCUT2D eigenvalue weighted by molar-refractivity contribution is 8.00. The van der Waals surface area contributed by atoms with Crippen LogP contribution in [0.2, 0.25) is 0 Å². The Bertz CT molecular complexity index is 274. The van der Waals surface area contributed by atoms with Crippen LogP contribution in [0, 0.1) is 0 Å². The third kappa shape index (κ3) is 6.41. The van der Waals surface area contributed by atoms with Crippen molar-refractivity contribution in [1.82, 2.24) is 5.32 Å². The number of hydrogen-bond acceptors (Lipinski definition) is 2. The smallest absolute Gasteiger partial charge is 0.312 e. The fraction of sp³-hybridized carbons (Fsp3) is 0.400. The fourth-order valence-corrected chi connectivity index (χ4v) is 1.55. The molecule has 0 spiro atoms. The van der Waals surface area contributed by atoms with E-state index in [0.29, 0.717) is 13.1 Å². The maximum Gasteiger partial charge on any atom is 0.441 e. The standard InChI is InChI=1S/C10H12F3NS/c11-10(12,13)15-7-6-14-8-9-4-2-1-3-5-9/h1-5,14H,6-8H2. The van der Waals surface area contributed by atoms with Crippen LogP contribution in [0.3, 0.4) is 0 Å². The average Bonchev–Trinajstić information content (AvgIpc) is 2.17. The molecule has 1 aromatic rings. The number of alkyl halides is 3. The lowest BCUT2D eigenvalue weighted by molar-refractivity contribution is -0.0327. The van der Waals surface area contributed by atoms with Gasteiger partial charge in [0.15, 0.2) is 0 Å². The third-order valence-corrected chi connectivity index (χ3v) is 2.45. The minimum Gasteiger partial charge on any atom is -0.312 e. The first-order valence-corrected chi connectivity index (χ1v) is 5.52. The number of hydrogen-bond donors (Lipinski definition) is 1. The predicted molar refractivity (Wildman–Crippen MR) is 56.7 cm³/mol. The molecule has 0 aliphatic heterocycles. The molecule has 5 heteroatoms. The monoisotopic (exact) mass is 235 g/mol. The Hall–Kier alpha value is -0.680. The average molecular weight is 235 g/mol. The molecule has 0 bridgehead atoms. The van der Waals surface area contributed by atoms with E-state index in [9.17, 15) is 13.2 Å². The minimum atomic E-state index is -4.12. The molecule has 1 rings (SSSR count). The van der Waals surface area contributed by atoms with Crippen LogP contribution in [-0.2, 0) is 6.54 Å². The molecular formula is C10H12F3NS. The molecule has 15 heavy (non-hydrogen) atoms. The summed E-state index contributed by atoms with van der Waals surface area (Å²) in [6.07, 6.45) is 0. The highest BCUT2D eigenvalue weighted by Gasteiger charge is 2.27. The Morgan fingerprint density at radius 1 is 1.13 bits per heavy atom. The molecule has 0 heterocycles. The van der Waals surface area contributed by atoms with Gasteiger partial charge >= 0.3 is 5.51 Å². The van der Waals surface area contributed by atoms with Gasteiger partial charge in [-0.2, -0.15) is 13.2 Å². The van der Waals surface area contributed by atoms with Crippen molar-refractivity contribution in [3.63, 3.8) is 0 Å². The summed E-state index contributed by atoms with van der Waals surface area (Å²) in [7, 11) is 0. The molecule has 1 aromatic carbocycles. The maximum absolute atomic E-state index is 11.7. The topological polar surface area (TPSA) is 12.0 Å². The second-order valence-corrected chi connectivity index (χ2v) is 4.12. The normalized spacial score (nSPS) is 11.7. The van der Waals surface area contributed by atoms with Gasteiger partial charge < -0.3 is 5.32 Å². The number of nitrogens with one attached hydrogen (secondary N) is 1. The van der Waals surface area contributed by atoms with Crippen molar-refractivity contribution in [2.75, 3.05) is 12.3 Å². The van der Waals surface area contributed by atoms with E-state index >= 15 is 0 Å². The molecule has 0 fully saturated rings. The summed E-state index contributed by atoms with van der Waals surface area (Å²) in [6, 6.07) is 9.58. The van der Waals surface area contributed by atoms with Crippen LogP contribution in [-0.4, -0.2) is 17.8 Å². The largest absolute Gasteiger partial charge is 0.441 e. The van der Waals surface area contributed by atoms with E-state index < -0.39 is 5.51 Å². The van der Waals surface area contributed by atoms with Gasteiger partial charge in [0, 0.05) is 18.8 Å². The van der Waals surface area contributed by atoms with Crippen LogP contribution in [0.4, 0.5) is 13.2 Å². The zero-order valence-corrected chi connectivity index (χ0v) is 8.87. The first kappa shape index (κ1) is 12.4. The Kier molecular flexibility index (Phi) is 4.98. The highest BCUT2D eigenvalue weighted by Crippen LogP contribution is 2.29. The number of thioether (sulfide) groups is 1. The van der Waals surface area contributed by atoms with Gasteiger partial charge in [0.05, 0.1) is 0 Å². The minimum absolute atomic E-state index is 0.00621. The molecule has 1 N–H and O–H groups in total. The lowest BCUT2D eigenvalue weighted by Crippen LogP contribution is -2.18. The number of halogens is 3. The molecular weight excluding hydrogens is 223 g/mol. The van der Waals surface area contributed by atoms with Crippen LogP contribution >= 0.6 is 11.8 Å². The van der Waals surface area contributed by atoms with Gasteiger partial charge in [-0.15, -0.1) is 0 Å². The second kappa shape index (κ2) is 6.02. The lowest BCUT2D eigenvalue weighted by atomic mass is 10.2. The molecule has 0 saturated carbocycles. The van der Waals surface area contributed by atoms with E-state index in [1.54, 1.807) is 0 Å². The lowest BCUT2D eigenvalue weighted by Gasteiger charge is -2.06. The van der Waals surface area contributed by atoms with E-state index in [-0.39, 0.29) is 17.5 Å². The van der Waals surface area contributed by atoms with Crippen LogP contribution in [0.5, 0.6) is 0 Å².